The van der Waals surface area contributed by atoms with E-state index in [0.717, 1.165) is 6.42 Å². The number of benzene rings is 2. The predicted octanol–water partition coefficient (Wildman–Crippen LogP) is 3.93. The van der Waals surface area contributed by atoms with Gasteiger partial charge >= 0.3 is 0 Å². The lowest BCUT2D eigenvalue weighted by molar-refractivity contribution is -0.120. The maximum atomic E-state index is 13.9. The molecule has 1 aliphatic heterocycles. The molecule has 1 amide bonds. The van der Waals surface area contributed by atoms with Crippen molar-refractivity contribution in [2.75, 3.05) is 26.1 Å². The van der Waals surface area contributed by atoms with Gasteiger partial charge in [0.05, 0.1) is 25.5 Å². The zero-order chi connectivity index (χ0) is 20.1. The molecule has 1 aliphatic rings. The molecule has 0 spiro atoms. The van der Waals surface area contributed by atoms with Gasteiger partial charge in [-0.05, 0) is 37.1 Å². The predicted molar refractivity (Wildman–Crippen MR) is 107 cm³/mol. The van der Waals surface area contributed by atoms with E-state index in [1.807, 2.05) is 0 Å². The lowest BCUT2D eigenvalue weighted by atomic mass is 10.2. The number of anilines is 1. The molecule has 148 valence electrons. The molecular formula is C20H21ClFN3O3. The van der Waals surface area contributed by atoms with Crippen molar-refractivity contribution in [3.63, 3.8) is 0 Å². The molecule has 0 aliphatic carbocycles. The number of carbonyl (C=O) groups excluding carboxylic acids is 1. The van der Waals surface area contributed by atoms with Crippen LogP contribution >= 0.6 is 11.6 Å². The Morgan fingerprint density at radius 2 is 2.07 bits per heavy atom. The molecule has 1 fully saturated rings. The minimum Gasteiger partial charge on any atom is -0.493 e. The van der Waals surface area contributed by atoms with E-state index in [1.165, 1.54) is 25.5 Å². The maximum absolute atomic E-state index is 13.9. The second-order valence-electron chi connectivity index (χ2n) is 6.26. The normalized spacial score (nSPS) is 16.4. The van der Waals surface area contributed by atoms with Gasteiger partial charge in [0.15, 0.2) is 11.5 Å². The Morgan fingerprint density at radius 1 is 1.29 bits per heavy atom. The van der Waals surface area contributed by atoms with E-state index in [2.05, 4.69) is 10.4 Å². The fraction of sp³-hybridized carbons (Fsp3) is 0.300. The molecule has 2 aromatic carbocycles. The molecule has 6 nitrogen and oxygen atoms in total. The van der Waals surface area contributed by atoms with Crippen LogP contribution in [-0.4, -0.2) is 43.9 Å². The van der Waals surface area contributed by atoms with Crippen LogP contribution in [0.4, 0.5) is 10.1 Å². The summed E-state index contributed by atoms with van der Waals surface area (Å²) >= 11 is 6.02. The van der Waals surface area contributed by atoms with Gasteiger partial charge in [-0.2, -0.15) is 5.10 Å². The second kappa shape index (κ2) is 8.93. The Bertz CT molecular complexity index is 871. The molecule has 1 atom stereocenters. The number of methoxy groups -OCH3 is 2. The fourth-order valence-corrected chi connectivity index (χ4v) is 3.27. The molecule has 1 N–H and O–H groups in total. The minimum absolute atomic E-state index is 0.193. The number of hydrogen-bond acceptors (Lipinski definition) is 5. The van der Waals surface area contributed by atoms with E-state index in [-0.39, 0.29) is 16.5 Å². The summed E-state index contributed by atoms with van der Waals surface area (Å²) in [4.78, 5) is 12.7. The van der Waals surface area contributed by atoms with Crippen LogP contribution in [0.3, 0.4) is 0 Å². The largest absolute Gasteiger partial charge is 0.493 e. The SMILES string of the molecule is COc1ccc(NC(=O)C2CCCN2/N=C/c2c(F)cccc2Cl)cc1OC. The van der Waals surface area contributed by atoms with E-state index in [9.17, 15) is 9.18 Å². The number of hydrogen-bond donors (Lipinski definition) is 1. The molecular weight excluding hydrogens is 385 g/mol. The Labute approximate surface area is 167 Å². The zero-order valence-corrected chi connectivity index (χ0v) is 16.4. The summed E-state index contributed by atoms with van der Waals surface area (Å²) in [5.41, 5.74) is 0.797. The van der Waals surface area contributed by atoms with Gasteiger partial charge in [-0.25, -0.2) is 4.39 Å². The van der Waals surface area contributed by atoms with Crippen molar-refractivity contribution in [2.24, 2.45) is 5.10 Å². The first-order valence-electron chi connectivity index (χ1n) is 8.81. The molecule has 1 saturated heterocycles. The number of halogens is 2. The molecule has 1 unspecified atom stereocenters. The van der Waals surface area contributed by atoms with Crippen molar-refractivity contribution in [2.45, 2.75) is 18.9 Å². The smallest absolute Gasteiger partial charge is 0.248 e. The molecule has 3 rings (SSSR count). The monoisotopic (exact) mass is 405 g/mol. The van der Waals surface area contributed by atoms with Gasteiger partial charge in [0.1, 0.15) is 11.9 Å². The molecule has 0 saturated carbocycles. The number of rotatable bonds is 6. The van der Waals surface area contributed by atoms with Crippen molar-refractivity contribution in [3.05, 3.63) is 52.8 Å². The maximum Gasteiger partial charge on any atom is 0.248 e. The van der Waals surface area contributed by atoms with Gasteiger partial charge in [-0.15, -0.1) is 0 Å². The highest BCUT2D eigenvalue weighted by molar-refractivity contribution is 6.33. The van der Waals surface area contributed by atoms with Gasteiger partial charge < -0.3 is 14.8 Å². The zero-order valence-electron chi connectivity index (χ0n) is 15.6. The molecule has 0 radical (unpaired) electrons. The number of nitrogens with zero attached hydrogens (tertiary/aromatic N) is 2. The van der Waals surface area contributed by atoms with Crippen LogP contribution in [0.25, 0.3) is 0 Å². The number of nitrogens with one attached hydrogen (secondary N) is 1. The Balaban J connectivity index is 1.72. The highest BCUT2D eigenvalue weighted by Gasteiger charge is 2.30. The van der Waals surface area contributed by atoms with Crippen molar-refractivity contribution in [1.82, 2.24) is 5.01 Å². The van der Waals surface area contributed by atoms with Gasteiger partial charge in [-0.1, -0.05) is 17.7 Å². The first-order valence-corrected chi connectivity index (χ1v) is 9.19. The average Bonchev–Trinajstić information content (AvgIpc) is 3.16. The van der Waals surface area contributed by atoms with Crippen LogP contribution in [0.1, 0.15) is 18.4 Å². The van der Waals surface area contributed by atoms with Crippen molar-refractivity contribution in [1.29, 1.82) is 0 Å². The molecule has 0 bridgehead atoms. The van der Waals surface area contributed by atoms with Crippen LogP contribution in [0.15, 0.2) is 41.5 Å². The molecule has 8 heteroatoms. The summed E-state index contributed by atoms with van der Waals surface area (Å²) in [5.74, 6) is 0.452. The highest BCUT2D eigenvalue weighted by Crippen LogP contribution is 2.30. The molecule has 0 aromatic heterocycles. The van der Waals surface area contributed by atoms with Crippen molar-refractivity contribution >= 4 is 29.4 Å². The van der Waals surface area contributed by atoms with Crippen molar-refractivity contribution < 1.29 is 18.7 Å². The lowest BCUT2D eigenvalue weighted by Gasteiger charge is -2.21. The first-order chi connectivity index (χ1) is 13.5. The summed E-state index contributed by atoms with van der Waals surface area (Å²) in [6, 6.07) is 9.15. The quantitative estimate of drug-likeness (QED) is 0.739. The third kappa shape index (κ3) is 4.36. The van der Waals surface area contributed by atoms with E-state index in [0.29, 0.717) is 30.2 Å². The summed E-state index contributed by atoms with van der Waals surface area (Å²) in [6.07, 6.45) is 2.83. The van der Waals surface area contributed by atoms with Gasteiger partial charge in [0.25, 0.3) is 0 Å². The fourth-order valence-electron chi connectivity index (χ4n) is 3.06. The first kappa shape index (κ1) is 19.9. The third-order valence-electron chi connectivity index (χ3n) is 4.51. The van der Waals surface area contributed by atoms with E-state index >= 15 is 0 Å². The van der Waals surface area contributed by atoms with E-state index < -0.39 is 11.9 Å². The van der Waals surface area contributed by atoms with Gasteiger partial charge in [-0.3, -0.25) is 9.80 Å². The summed E-state index contributed by atoms with van der Waals surface area (Å²) < 4.78 is 24.4. The topological polar surface area (TPSA) is 63.2 Å². The Kier molecular flexibility index (Phi) is 6.36. The van der Waals surface area contributed by atoms with Crippen LogP contribution < -0.4 is 14.8 Å². The number of carbonyl (C=O) groups is 1. The number of amides is 1. The van der Waals surface area contributed by atoms with Crippen LogP contribution in [0.5, 0.6) is 11.5 Å². The minimum atomic E-state index is -0.457. The summed E-state index contributed by atoms with van der Waals surface area (Å²) in [7, 11) is 3.08. The van der Waals surface area contributed by atoms with Crippen LogP contribution in [0.2, 0.25) is 5.02 Å². The second-order valence-corrected chi connectivity index (χ2v) is 6.67. The average molecular weight is 406 g/mol. The van der Waals surface area contributed by atoms with E-state index in [4.69, 9.17) is 21.1 Å². The standard InChI is InChI=1S/C20H21ClFN3O3/c1-27-18-9-8-13(11-19(18)28-2)24-20(26)17-7-4-10-25(17)23-12-14-15(21)5-3-6-16(14)22/h3,5-6,8-9,11-12,17H,4,7,10H2,1-2H3,(H,24,26)/b23-12+. The molecule has 28 heavy (non-hydrogen) atoms. The van der Waals surface area contributed by atoms with Crippen molar-refractivity contribution in [3.8, 4) is 11.5 Å². The molecule has 1 heterocycles. The van der Waals surface area contributed by atoms with E-state index in [1.54, 1.807) is 36.4 Å². The number of hydrazone groups is 1. The lowest BCUT2D eigenvalue weighted by Crippen LogP contribution is -2.36. The number of ether oxygens (including phenoxy) is 2. The Hall–Kier alpha value is -2.80. The Morgan fingerprint density at radius 3 is 2.79 bits per heavy atom. The third-order valence-corrected chi connectivity index (χ3v) is 4.84. The molecule has 2 aromatic rings. The van der Waals surface area contributed by atoms with Crippen LogP contribution in [0, 0.1) is 5.82 Å². The summed E-state index contributed by atoms with van der Waals surface area (Å²) in [5, 5.41) is 9.09. The summed E-state index contributed by atoms with van der Waals surface area (Å²) in [6.45, 7) is 0.604. The highest BCUT2D eigenvalue weighted by atomic mass is 35.5. The van der Waals surface area contributed by atoms with Gasteiger partial charge in [0.2, 0.25) is 5.91 Å². The van der Waals surface area contributed by atoms with Gasteiger partial charge in [0, 0.05) is 23.9 Å². The van der Waals surface area contributed by atoms with Crippen LogP contribution in [-0.2, 0) is 4.79 Å².